The van der Waals surface area contributed by atoms with E-state index in [9.17, 15) is 14.8 Å². The molecule has 0 aromatic carbocycles. The van der Waals surface area contributed by atoms with Gasteiger partial charge in [-0.3, -0.25) is 4.79 Å². The van der Waals surface area contributed by atoms with Crippen LogP contribution in [0.2, 0.25) is 0 Å². The van der Waals surface area contributed by atoms with Crippen molar-refractivity contribution in [1.82, 2.24) is 15.5 Å². The normalized spacial score (nSPS) is 19.8. The summed E-state index contributed by atoms with van der Waals surface area (Å²) < 4.78 is 0. The Morgan fingerprint density at radius 2 is 2.16 bits per heavy atom. The number of nitrogens with one attached hydrogen (secondary N) is 2. The summed E-state index contributed by atoms with van der Waals surface area (Å²) >= 11 is 0. The lowest BCUT2D eigenvalue weighted by Gasteiger charge is -2.29. The molecule has 0 radical (unpaired) electrons. The van der Waals surface area contributed by atoms with Crippen LogP contribution in [0.4, 0.5) is 0 Å². The lowest BCUT2D eigenvalue weighted by molar-refractivity contribution is -0.130. The largest absolute Gasteiger partial charge is 0.475 e. The lowest BCUT2D eigenvalue weighted by Crippen LogP contribution is -2.51. The molecule has 110 valence electrons. The summed E-state index contributed by atoms with van der Waals surface area (Å²) in [6.07, 6.45) is 2.41. The van der Waals surface area contributed by atoms with Crippen molar-refractivity contribution >= 4 is 13.0 Å². The molecule has 0 aromatic rings. The second-order valence-electron chi connectivity index (χ2n) is 5.80. The average Bonchev–Trinajstić information content (AvgIpc) is 2.83. The van der Waals surface area contributed by atoms with E-state index >= 15 is 0 Å². The van der Waals surface area contributed by atoms with Gasteiger partial charge in [0.15, 0.2) is 0 Å². The molecule has 0 aliphatic carbocycles. The van der Waals surface area contributed by atoms with Crippen LogP contribution in [0.1, 0.15) is 33.1 Å². The fourth-order valence-corrected chi connectivity index (χ4v) is 2.35. The Morgan fingerprint density at radius 1 is 1.47 bits per heavy atom. The molecular weight excluding hydrogens is 245 g/mol. The zero-order valence-corrected chi connectivity index (χ0v) is 12.1. The van der Waals surface area contributed by atoms with Crippen LogP contribution >= 0.6 is 0 Å². The summed E-state index contributed by atoms with van der Waals surface area (Å²) in [5.41, 5.74) is -0.119. The van der Waals surface area contributed by atoms with E-state index in [-0.39, 0.29) is 18.0 Å². The second-order valence-corrected chi connectivity index (χ2v) is 5.80. The van der Waals surface area contributed by atoms with Crippen molar-refractivity contribution in [2.45, 2.75) is 44.6 Å². The van der Waals surface area contributed by atoms with Gasteiger partial charge in [-0.25, -0.2) is 0 Å². The van der Waals surface area contributed by atoms with Gasteiger partial charge in [0, 0.05) is 12.1 Å². The summed E-state index contributed by atoms with van der Waals surface area (Å²) in [5.74, 6) is -0.511. The summed E-state index contributed by atoms with van der Waals surface area (Å²) in [4.78, 5) is 13.7. The molecule has 0 aromatic heterocycles. The molecule has 7 heteroatoms. The first-order chi connectivity index (χ1) is 8.87. The van der Waals surface area contributed by atoms with Crippen molar-refractivity contribution in [1.29, 1.82) is 0 Å². The van der Waals surface area contributed by atoms with Gasteiger partial charge < -0.3 is 25.6 Å². The summed E-state index contributed by atoms with van der Waals surface area (Å²) in [6.45, 7) is 5.84. The van der Waals surface area contributed by atoms with Crippen LogP contribution in [0.15, 0.2) is 0 Å². The molecule has 1 fully saturated rings. The van der Waals surface area contributed by atoms with Gasteiger partial charge in [-0.2, -0.15) is 0 Å². The molecule has 0 unspecified atom stereocenters. The van der Waals surface area contributed by atoms with E-state index in [1.54, 1.807) is 4.90 Å². The van der Waals surface area contributed by atoms with Gasteiger partial charge in [0.2, 0.25) is 5.91 Å². The minimum absolute atomic E-state index is 0.0619. The maximum Gasteiger partial charge on any atom is 0.475 e. The number of likely N-dealkylation sites (tertiary alicyclic amines) is 1. The van der Waals surface area contributed by atoms with Crippen molar-refractivity contribution < 1.29 is 14.8 Å². The maximum atomic E-state index is 12.1. The minimum Gasteiger partial charge on any atom is -0.426 e. The third-order valence-electron chi connectivity index (χ3n) is 3.68. The second kappa shape index (κ2) is 7.24. The van der Waals surface area contributed by atoms with Crippen LogP contribution < -0.4 is 10.6 Å². The highest BCUT2D eigenvalue weighted by Gasteiger charge is 2.36. The van der Waals surface area contributed by atoms with Crippen LogP contribution in [0.5, 0.6) is 0 Å². The number of nitrogens with zero attached hydrogens (tertiary/aromatic N) is 1. The van der Waals surface area contributed by atoms with E-state index < -0.39 is 13.1 Å². The molecule has 0 spiro atoms. The molecule has 0 bridgehead atoms. The number of rotatable bonds is 7. The minimum atomic E-state index is -1.44. The predicted octanol–water partition coefficient (Wildman–Crippen LogP) is -1.03. The summed E-state index contributed by atoms with van der Waals surface area (Å²) in [6, 6.07) is 0. The van der Waals surface area contributed by atoms with Gasteiger partial charge >= 0.3 is 7.12 Å². The molecule has 1 atom stereocenters. The number of carbonyl (C=O) groups excluding carboxylic acids is 1. The van der Waals surface area contributed by atoms with Gasteiger partial charge in [-0.05, 0) is 46.7 Å². The quantitative estimate of drug-likeness (QED) is 0.445. The fourth-order valence-electron chi connectivity index (χ4n) is 2.35. The van der Waals surface area contributed by atoms with E-state index in [1.807, 2.05) is 7.05 Å². The average molecular weight is 271 g/mol. The Labute approximate surface area is 115 Å². The highest BCUT2D eigenvalue weighted by molar-refractivity contribution is 6.43. The zero-order valence-electron chi connectivity index (χ0n) is 12.1. The zero-order chi connectivity index (χ0) is 14.5. The predicted molar refractivity (Wildman–Crippen MR) is 75.6 cm³/mol. The Bertz CT molecular complexity index is 300. The van der Waals surface area contributed by atoms with Gasteiger partial charge in [-0.1, -0.05) is 0 Å². The van der Waals surface area contributed by atoms with E-state index in [1.165, 1.54) is 0 Å². The van der Waals surface area contributed by atoms with Crippen LogP contribution in [0.25, 0.3) is 0 Å². The molecule has 1 rings (SSSR count). The van der Waals surface area contributed by atoms with Gasteiger partial charge in [0.05, 0.1) is 12.5 Å². The van der Waals surface area contributed by atoms with Crippen molar-refractivity contribution in [3.63, 3.8) is 0 Å². The Hall–Kier alpha value is -0.625. The third kappa shape index (κ3) is 5.10. The molecule has 1 amide bonds. The van der Waals surface area contributed by atoms with E-state index in [4.69, 9.17) is 0 Å². The lowest BCUT2D eigenvalue weighted by atomic mass is 9.78. The monoisotopic (exact) mass is 271 g/mol. The standard InChI is InChI=1S/C12H26BN3O3/c1-12(2,6-7-14-3)15-9-11(17)16-8-4-5-10(16)13(18)19/h10,14-15,18-19H,4-9H2,1-3H3/t10-/m0/s1. The summed E-state index contributed by atoms with van der Waals surface area (Å²) in [5, 5.41) is 24.8. The summed E-state index contributed by atoms with van der Waals surface area (Å²) in [7, 11) is 0.461. The number of hydrogen-bond donors (Lipinski definition) is 4. The first-order valence-electron chi connectivity index (χ1n) is 6.92. The van der Waals surface area contributed by atoms with Crippen LogP contribution in [-0.4, -0.2) is 66.1 Å². The van der Waals surface area contributed by atoms with Crippen molar-refractivity contribution in [3.05, 3.63) is 0 Å². The molecule has 1 saturated heterocycles. The van der Waals surface area contributed by atoms with Crippen molar-refractivity contribution in [3.8, 4) is 0 Å². The number of amides is 1. The Kier molecular flexibility index (Phi) is 6.26. The van der Waals surface area contributed by atoms with Crippen LogP contribution in [-0.2, 0) is 4.79 Å². The highest BCUT2D eigenvalue weighted by atomic mass is 16.4. The number of carbonyl (C=O) groups is 1. The van der Waals surface area contributed by atoms with Gasteiger partial charge in [0.25, 0.3) is 0 Å². The van der Waals surface area contributed by atoms with Crippen LogP contribution in [0, 0.1) is 0 Å². The van der Waals surface area contributed by atoms with E-state index in [0.717, 1.165) is 19.4 Å². The molecule has 19 heavy (non-hydrogen) atoms. The van der Waals surface area contributed by atoms with Gasteiger partial charge in [-0.15, -0.1) is 0 Å². The molecular formula is C12H26BN3O3. The molecule has 6 nitrogen and oxygen atoms in total. The van der Waals surface area contributed by atoms with E-state index in [2.05, 4.69) is 24.5 Å². The molecule has 1 aliphatic heterocycles. The topological polar surface area (TPSA) is 84.8 Å². The number of hydrogen-bond acceptors (Lipinski definition) is 5. The third-order valence-corrected chi connectivity index (χ3v) is 3.68. The van der Waals surface area contributed by atoms with E-state index in [0.29, 0.717) is 13.0 Å². The highest BCUT2D eigenvalue weighted by Crippen LogP contribution is 2.18. The van der Waals surface area contributed by atoms with Crippen molar-refractivity contribution in [2.24, 2.45) is 0 Å². The fraction of sp³-hybridized carbons (Fsp3) is 0.917. The molecule has 4 N–H and O–H groups in total. The smallest absolute Gasteiger partial charge is 0.426 e. The molecule has 1 aliphatic rings. The first-order valence-corrected chi connectivity index (χ1v) is 6.92. The van der Waals surface area contributed by atoms with Crippen molar-refractivity contribution in [2.75, 3.05) is 26.7 Å². The SMILES string of the molecule is CNCCC(C)(C)NCC(=O)N1CCC[C@H]1B(O)O. The first kappa shape index (κ1) is 16.4. The maximum absolute atomic E-state index is 12.1. The van der Waals surface area contributed by atoms with Gasteiger partial charge in [0.1, 0.15) is 0 Å². The Balaban J connectivity index is 2.42. The molecule has 0 saturated carbocycles. The molecule has 1 heterocycles. The Morgan fingerprint density at radius 3 is 2.74 bits per heavy atom. The van der Waals surface area contributed by atoms with Crippen LogP contribution in [0.3, 0.4) is 0 Å².